The average molecular weight is 765 g/mol. The maximum absolute atomic E-state index is 12.7. The van der Waals surface area contributed by atoms with Crippen molar-refractivity contribution in [3.05, 3.63) is 0 Å². The van der Waals surface area contributed by atoms with Gasteiger partial charge < -0.3 is 14.2 Å². The Labute approximate surface area is 336 Å². The van der Waals surface area contributed by atoms with Crippen molar-refractivity contribution in [2.75, 3.05) is 13.2 Å². The van der Waals surface area contributed by atoms with Gasteiger partial charge in [0, 0.05) is 19.3 Å². The van der Waals surface area contributed by atoms with E-state index in [0.29, 0.717) is 19.3 Å². The van der Waals surface area contributed by atoms with E-state index >= 15 is 0 Å². The first-order valence-corrected chi connectivity index (χ1v) is 23.9. The predicted octanol–water partition coefficient (Wildman–Crippen LogP) is 15.1. The Morgan fingerprint density at radius 1 is 0.352 bits per heavy atom. The van der Waals surface area contributed by atoms with Crippen molar-refractivity contribution in [2.45, 2.75) is 271 Å². The van der Waals surface area contributed by atoms with E-state index in [4.69, 9.17) is 14.2 Å². The maximum atomic E-state index is 12.7. The summed E-state index contributed by atoms with van der Waals surface area (Å²) in [5.74, 6) is -0.0132. The summed E-state index contributed by atoms with van der Waals surface area (Å²) in [4.78, 5) is 37.6. The fraction of sp³-hybridized carbons (Fsp3) is 0.938. The molecule has 0 bridgehead atoms. The fourth-order valence-electron chi connectivity index (χ4n) is 7.16. The van der Waals surface area contributed by atoms with E-state index in [1.54, 1.807) is 0 Å². The zero-order valence-corrected chi connectivity index (χ0v) is 36.7. The fourth-order valence-corrected chi connectivity index (χ4v) is 7.16. The topological polar surface area (TPSA) is 78.9 Å². The van der Waals surface area contributed by atoms with Gasteiger partial charge in [0.25, 0.3) is 0 Å². The Balaban J connectivity index is 4.22. The van der Waals surface area contributed by atoms with Gasteiger partial charge in [-0.25, -0.2) is 0 Å². The Bertz CT molecular complexity index is 811. The molecule has 54 heavy (non-hydrogen) atoms. The molecule has 0 aliphatic heterocycles. The average Bonchev–Trinajstić information content (AvgIpc) is 3.15. The van der Waals surface area contributed by atoms with Gasteiger partial charge in [0.1, 0.15) is 13.2 Å². The monoisotopic (exact) mass is 765 g/mol. The number of hydrogen-bond acceptors (Lipinski definition) is 6. The van der Waals surface area contributed by atoms with Crippen LogP contribution in [0.4, 0.5) is 0 Å². The van der Waals surface area contributed by atoms with Crippen LogP contribution in [0.2, 0.25) is 0 Å². The maximum Gasteiger partial charge on any atom is 0.306 e. The van der Waals surface area contributed by atoms with E-state index in [0.717, 1.165) is 63.7 Å². The lowest BCUT2D eigenvalue weighted by Crippen LogP contribution is -2.30. The van der Waals surface area contributed by atoms with Gasteiger partial charge in [-0.15, -0.1) is 0 Å². The number of hydrogen-bond donors (Lipinski definition) is 0. The Kier molecular flexibility index (Phi) is 41.3. The van der Waals surface area contributed by atoms with E-state index in [1.807, 2.05) is 0 Å². The van der Waals surface area contributed by atoms with Crippen molar-refractivity contribution in [3.63, 3.8) is 0 Å². The highest BCUT2D eigenvalue weighted by Crippen LogP contribution is 2.16. The molecule has 0 aliphatic carbocycles. The molecule has 0 unspecified atom stereocenters. The van der Waals surface area contributed by atoms with Crippen molar-refractivity contribution >= 4 is 17.9 Å². The largest absolute Gasteiger partial charge is 0.462 e. The van der Waals surface area contributed by atoms with Gasteiger partial charge in [-0.3, -0.25) is 14.4 Å². The van der Waals surface area contributed by atoms with E-state index in [2.05, 4.69) is 27.7 Å². The summed E-state index contributed by atoms with van der Waals surface area (Å²) in [6, 6.07) is 0. The minimum Gasteiger partial charge on any atom is -0.462 e. The van der Waals surface area contributed by atoms with Crippen LogP contribution in [-0.4, -0.2) is 37.2 Å². The summed E-state index contributed by atoms with van der Waals surface area (Å²) in [5.41, 5.74) is 0. The highest BCUT2D eigenvalue weighted by atomic mass is 16.6. The lowest BCUT2D eigenvalue weighted by Gasteiger charge is -2.18. The van der Waals surface area contributed by atoms with Crippen LogP contribution >= 0.6 is 0 Å². The van der Waals surface area contributed by atoms with E-state index < -0.39 is 6.10 Å². The summed E-state index contributed by atoms with van der Waals surface area (Å²) in [7, 11) is 0. The van der Waals surface area contributed by atoms with Gasteiger partial charge in [-0.1, -0.05) is 227 Å². The summed E-state index contributed by atoms with van der Waals surface area (Å²) in [5, 5.41) is 0. The molecule has 0 saturated carbocycles. The Morgan fingerprint density at radius 2 is 0.611 bits per heavy atom. The number of esters is 3. The van der Waals surface area contributed by atoms with Crippen LogP contribution in [0.15, 0.2) is 0 Å². The van der Waals surface area contributed by atoms with Crippen LogP contribution in [0.25, 0.3) is 0 Å². The second-order valence-corrected chi connectivity index (χ2v) is 16.9. The molecule has 0 heterocycles. The van der Waals surface area contributed by atoms with Crippen molar-refractivity contribution in [3.8, 4) is 0 Å². The van der Waals surface area contributed by atoms with Crippen LogP contribution in [0.5, 0.6) is 0 Å². The molecule has 0 N–H and O–H groups in total. The van der Waals surface area contributed by atoms with Crippen LogP contribution in [-0.2, 0) is 28.6 Å². The molecule has 320 valence electrons. The predicted molar refractivity (Wildman–Crippen MR) is 229 cm³/mol. The first-order valence-electron chi connectivity index (χ1n) is 23.9. The molecule has 0 amide bonds. The van der Waals surface area contributed by atoms with Gasteiger partial charge in [0.15, 0.2) is 6.10 Å². The Hall–Kier alpha value is -1.59. The van der Waals surface area contributed by atoms with E-state index in [-0.39, 0.29) is 31.1 Å². The minimum absolute atomic E-state index is 0.0637. The van der Waals surface area contributed by atoms with Crippen molar-refractivity contribution in [1.29, 1.82) is 0 Å². The zero-order valence-electron chi connectivity index (χ0n) is 36.7. The SMILES string of the molecule is CCCCCCCCCCCCCCC(=O)OC[C@@H](COC(=O)CCCCCCCCC)OC(=O)CCCCCCCCCCCCCCCCC(C)C. The number of ether oxygens (including phenoxy) is 3. The normalized spacial score (nSPS) is 11.9. The van der Waals surface area contributed by atoms with Gasteiger partial charge in [0.05, 0.1) is 0 Å². The summed E-state index contributed by atoms with van der Waals surface area (Å²) in [6.45, 7) is 8.98. The number of carbonyl (C=O) groups is 3. The molecule has 0 rings (SSSR count). The van der Waals surface area contributed by atoms with Crippen LogP contribution in [0, 0.1) is 5.92 Å². The number of rotatable bonds is 43. The molecule has 0 aromatic rings. The highest BCUT2D eigenvalue weighted by molar-refractivity contribution is 5.71. The van der Waals surface area contributed by atoms with Crippen LogP contribution in [0.1, 0.15) is 265 Å². The molecule has 0 aromatic carbocycles. The van der Waals surface area contributed by atoms with Crippen LogP contribution < -0.4 is 0 Å². The third kappa shape index (κ3) is 41.6. The number of unbranched alkanes of at least 4 members (excludes halogenated alkanes) is 30. The quantitative estimate of drug-likeness (QED) is 0.0349. The summed E-state index contributed by atoms with van der Waals surface area (Å²) < 4.78 is 16.7. The van der Waals surface area contributed by atoms with E-state index in [1.165, 1.54) is 161 Å². The van der Waals surface area contributed by atoms with Crippen molar-refractivity contribution in [2.24, 2.45) is 5.92 Å². The molecule has 0 saturated heterocycles. The van der Waals surface area contributed by atoms with Crippen molar-refractivity contribution in [1.82, 2.24) is 0 Å². The third-order valence-corrected chi connectivity index (χ3v) is 10.8. The molecular formula is C48H92O6. The number of carbonyl (C=O) groups excluding carboxylic acids is 3. The van der Waals surface area contributed by atoms with Gasteiger partial charge in [-0.2, -0.15) is 0 Å². The summed E-state index contributed by atoms with van der Waals surface area (Å²) in [6.07, 6.45) is 42.4. The molecule has 0 fully saturated rings. The molecule has 0 radical (unpaired) electrons. The molecule has 1 atom stereocenters. The lowest BCUT2D eigenvalue weighted by atomic mass is 10.0. The van der Waals surface area contributed by atoms with Gasteiger partial charge >= 0.3 is 17.9 Å². The molecular weight excluding hydrogens is 673 g/mol. The highest BCUT2D eigenvalue weighted by Gasteiger charge is 2.19. The molecule has 6 nitrogen and oxygen atoms in total. The third-order valence-electron chi connectivity index (χ3n) is 10.8. The van der Waals surface area contributed by atoms with Gasteiger partial charge in [0.2, 0.25) is 0 Å². The smallest absolute Gasteiger partial charge is 0.306 e. The van der Waals surface area contributed by atoms with E-state index in [9.17, 15) is 14.4 Å². The first-order chi connectivity index (χ1) is 26.4. The first kappa shape index (κ1) is 52.4. The lowest BCUT2D eigenvalue weighted by molar-refractivity contribution is -0.167. The molecule has 0 aliphatic rings. The molecule has 0 aromatic heterocycles. The zero-order chi connectivity index (χ0) is 39.6. The second kappa shape index (κ2) is 42.6. The minimum atomic E-state index is -0.758. The van der Waals surface area contributed by atoms with Crippen molar-refractivity contribution < 1.29 is 28.6 Å². The summed E-state index contributed by atoms with van der Waals surface area (Å²) >= 11 is 0. The molecule has 6 heteroatoms. The second-order valence-electron chi connectivity index (χ2n) is 16.9. The van der Waals surface area contributed by atoms with Gasteiger partial charge in [-0.05, 0) is 25.2 Å². The molecule has 0 spiro atoms. The van der Waals surface area contributed by atoms with Crippen LogP contribution in [0.3, 0.4) is 0 Å². The Morgan fingerprint density at radius 3 is 0.907 bits per heavy atom. The standard InChI is InChI=1S/C48H92O6/c1-5-7-9-11-13-14-15-21-24-28-32-36-40-47(50)53-43-45(42-52-46(49)39-35-31-26-12-10-8-6-2)54-48(51)41-37-33-29-25-22-19-17-16-18-20-23-27-30-34-38-44(3)4/h44-45H,5-43H2,1-4H3/t45-/m1/s1.